The fraction of sp³-hybridized carbons (Fsp3) is 0.500. The third-order valence-corrected chi connectivity index (χ3v) is 3.69. The normalized spacial score (nSPS) is 22.8. The van der Waals surface area contributed by atoms with Crippen molar-refractivity contribution in [1.82, 2.24) is 10.3 Å². The van der Waals surface area contributed by atoms with E-state index in [-0.39, 0.29) is 17.2 Å². The third-order valence-electron chi connectivity index (χ3n) is 3.69. The number of rotatable bonds is 3. The van der Waals surface area contributed by atoms with Crippen LogP contribution >= 0.6 is 0 Å². The molecular formula is C14H18N2O4. The van der Waals surface area contributed by atoms with Crippen LogP contribution in [0.25, 0.3) is 0 Å². The van der Waals surface area contributed by atoms with Gasteiger partial charge in [0.2, 0.25) is 5.56 Å². The molecule has 2 unspecified atom stereocenters. The molecular weight excluding hydrogens is 260 g/mol. The number of amides is 1. The number of hydrogen-bond acceptors (Lipinski definition) is 3. The first-order chi connectivity index (χ1) is 9.58. The topological polar surface area (TPSA) is 99.3 Å². The maximum atomic E-state index is 12.1. The van der Waals surface area contributed by atoms with E-state index >= 15 is 0 Å². The van der Waals surface area contributed by atoms with Gasteiger partial charge >= 0.3 is 5.97 Å². The lowest BCUT2D eigenvalue weighted by Gasteiger charge is -2.22. The Kier molecular flexibility index (Phi) is 4.55. The zero-order valence-electron chi connectivity index (χ0n) is 11.1. The zero-order chi connectivity index (χ0) is 14.5. The van der Waals surface area contributed by atoms with Gasteiger partial charge in [-0.05, 0) is 18.9 Å². The number of aliphatic carboxylic acids is 1. The molecule has 0 saturated heterocycles. The molecule has 0 bridgehead atoms. The molecule has 6 nitrogen and oxygen atoms in total. The van der Waals surface area contributed by atoms with Crippen molar-refractivity contribution in [3.8, 4) is 0 Å². The Hall–Kier alpha value is -2.11. The lowest BCUT2D eigenvalue weighted by atomic mass is 9.94. The van der Waals surface area contributed by atoms with Crippen molar-refractivity contribution in [1.29, 1.82) is 0 Å². The molecule has 0 aliphatic heterocycles. The SMILES string of the molecule is O=C(NC1CCCCCC1C(=O)O)c1cc[nH]c(=O)c1. The van der Waals surface area contributed by atoms with Crippen molar-refractivity contribution in [2.75, 3.05) is 0 Å². The minimum Gasteiger partial charge on any atom is -0.481 e. The van der Waals surface area contributed by atoms with E-state index in [1.807, 2.05) is 0 Å². The largest absolute Gasteiger partial charge is 0.481 e. The van der Waals surface area contributed by atoms with E-state index < -0.39 is 17.8 Å². The monoisotopic (exact) mass is 278 g/mol. The summed E-state index contributed by atoms with van der Waals surface area (Å²) in [6.45, 7) is 0. The molecule has 1 fully saturated rings. The fourth-order valence-corrected chi connectivity index (χ4v) is 2.61. The van der Waals surface area contributed by atoms with Crippen LogP contribution in [0.3, 0.4) is 0 Å². The molecule has 20 heavy (non-hydrogen) atoms. The van der Waals surface area contributed by atoms with Gasteiger partial charge < -0.3 is 15.4 Å². The standard InChI is InChI=1S/C14H18N2O4/c17-12-8-9(6-7-15-12)13(18)16-11-5-3-1-2-4-10(11)14(19)20/h6-8,10-11H,1-5H2,(H,15,17)(H,16,18)(H,19,20). The molecule has 2 atom stereocenters. The minimum atomic E-state index is -0.872. The third kappa shape index (κ3) is 3.46. The highest BCUT2D eigenvalue weighted by atomic mass is 16.4. The van der Waals surface area contributed by atoms with Gasteiger partial charge in [0.05, 0.1) is 5.92 Å². The van der Waals surface area contributed by atoms with Crippen LogP contribution in [-0.4, -0.2) is 28.0 Å². The Morgan fingerprint density at radius 2 is 2.00 bits per heavy atom. The molecule has 1 aliphatic rings. The molecule has 0 aromatic carbocycles. The summed E-state index contributed by atoms with van der Waals surface area (Å²) in [6.07, 6.45) is 5.40. The molecule has 1 aliphatic carbocycles. The summed E-state index contributed by atoms with van der Waals surface area (Å²) in [4.78, 5) is 37.0. The molecule has 1 amide bonds. The van der Waals surface area contributed by atoms with Crippen molar-refractivity contribution in [3.63, 3.8) is 0 Å². The van der Waals surface area contributed by atoms with Crippen LogP contribution in [0.5, 0.6) is 0 Å². The van der Waals surface area contributed by atoms with E-state index in [2.05, 4.69) is 10.3 Å². The zero-order valence-corrected chi connectivity index (χ0v) is 11.1. The second-order valence-electron chi connectivity index (χ2n) is 5.10. The first-order valence-electron chi connectivity index (χ1n) is 6.80. The number of carboxylic acid groups (broad SMARTS) is 1. The summed E-state index contributed by atoms with van der Waals surface area (Å²) < 4.78 is 0. The average Bonchev–Trinajstić information content (AvgIpc) is 2.64. The Morgan fingerprint density at radius 1 is 1.25 bits per heavy atom. The van der Waals surface area contributed by atoms with Crippen LogP contribution in [-0.2, 0) is 4.79 Å². The molecule has 2 rings (SSSR count). The van der Waals surface area contributed by atoms with E-state index in [9.17, 15) is 19.5 Å². The summed E-state index contributed by atoms with van der Waals surface area (Å²) >= 11 is 0. The Balaban J connectivity index is 2.11. The van der Waals surface area contributed by atoms with Gasteiger partial charge in [-0.3, -0.25) is 14.4 Å². The summed E-state index contributed by atoms with van der Waals surface area (Å²) in [7, 11) is 0. The highest BCUT2D eigenvalue weighted by molar-refractivity contribution is 5.94. The number of H-pyrrole nitrogens is 1. The van der Waals surface area contributed by atoms with Crippen molar-refractivity contribution in [2.45, 2.75) is 38.1 Å². The summed E-state index contributed by atoms with van der Waals surface area (Å²) in [5.74, 6) is -1.82. The summed E-state index contributed by atoms with van der Waals surface area (Å²) in [5, 5.41) is 12.0. The van der Waals surface area contributed by atoms with Crippen LogP contribution in [0.4, 0.5) is 0 Å². The van der Waals surface area contributed by atoms with E-state index in [4.69, 9.17) is 0 Å². The maximum absolute atomic E-state index is 12.1. The fourth-order valence-electron chi connectivity index (χ4n) is 2.61. The number of hydrogen-bond donors (Lipinski definition) is 3. The van der Waals surface area contributed by atoms with Crippen LogP contribution in [0, 0.1) is 5.92 Å². The lowest BCUT2D eigenvalue weighted by Crippen LogP contribution is -2.43. The number of aromatic nitrogens is 1. The van der Waals surface area contributed by atoms with Crippen molar-refractivity contribution in [3.05, 3.63) is 34.2 Å². The average molecular weight is 278 g/mol. The van der Waals surface area contributed by atoms with Crippen LogP contribution in [0.15, 0.2) is 23.1 Å². The predicted octanol–water partition coefficient (Wildman–Crippen LogP) is 1.14. The molecule has 1 aromatic heterocycles. The van der Waals surface area contributed by atoms with Gasteiger partial charge in [-0.2, -0.15) is 0 Å². The van der Waals surface area contributed by atoms with E-state index in [1.165, 1.54) is 18.3 Å². The van der Waals surface area contributed by atoms with Crippen molar-refractivity contribution >= 4 is 11.9 Å². The second kappa shape index (κ2) is 6.36. The molecule has 1 heterocycles. The number of carbonyl (C=O) groups excluding carboxylic acids is 1. The van der Waals surface area contributed by atoms with Gasteiger partial charge in [0, 0.05) is 23.9 Å². The molecule has 3 N–H and O–H groups in total. The van der Waals surface area contributed by atoms with Gasteiger partial charge in [-0.25, -0.2) is 0 Å². The lowest BCUT2D eigenvalue weighted by molar-refractivity contribution is -0.142. The smallest absolute Gasteiger partial charge is 0.308 e. The Labute approximate surface area is 116 Å². The van der Waals surface area contributed by atoms with Crippen LogP contribution < -0.4 is 10.9 Å². The molecule has 1 saturated carbocycles. The van der Waals surface area contributed by atoms with Crippen LogP contribution in [0.1, 0.15) is 42.5 Å². The Morgan fingerprint density at radius 3 is 2.70 bits per heavy atom. The summed E-state index contributed by atoms with van der Waals surface area (Å²) in [5.41, 5.74) is -0.101. The molecule has 0 spiro atoms. The second-order valence-corrected chi connectivity index (χ2v) is 5.10. The van der Waals surface area contributed by atoms with Gasteiger partial charge in [-0.1, -0.05) is 19.3 Å². The van der Waals surface area contributed by atoms with Crippen LogP contribution in [0.2, 0.25) is 0 Å². The quantitative estimate of drug-likeness (QED) is 0.722. The maximum Gasteiger partial charge on any atom is 0.308 e. The minimum absolute atomic E-state index is 0.252. The van der Waals surface area contributed by atoms with Gasteiger partial charge in [-0.15, -0.1) is 0 Å². The number of nitrogens with one attached hydrogen (secondary N) is 2. The molecule has 108 valence electrons. The van der Waals surface area contributed by atoms with E-state index in [1.54, 1.807) is 0 Å². The van der Waals surface area contributed by atoms with Crippen molar-refractivity contribution < 1.29 is 14.7 Å². The van der Waals surface area contributed by atoms with E-state index in [0.29, 0.717) is 12.8 Å². The first-order valence-corrected chi connectivity index (χ1v) is 6.80. The van der Waals surface area contributed by atoms with Gasteiger partial charge in [0.25, 0.3) is 5.91 Å². The number of carboxylic acids is 1. The van der Waals surface area contributed by atoms with Gasteiger partial charge in [0.1, 0.15) is 0 Å². The van der Waals surface area contributed by atoms with Gasteiger partial charge in [0.15, 0.2) is 0 Å². The molecule has 6 heteroatoms. The Bertz CT molecular complexity index is 552. The first kappa shape index (κ1) is 14.3. The summed E-state index contributed by atoms with van der Waals surface area (Å²) in [6, 6.07) is 2.34. The number of aromatic amines is 1. The highest BCUT2D eigenvalue weighted by Gasteiger charge is 2.30. The molecule has 0 radical (unpaired) electrons. The predicted molar refractivity (Wildman–Crippen MR) is 72.5 cm³/mol. The number of pyridine rings is 1. The molecule has 1 aromatic rings. The van der Waals surface area contributed by atoms with E-state index in [0.717, 1.165) is 19.3 Å². The number of carbonyl (C=O) groups is 2. The highest BCUT2D eigenvalue weighted by Crippen LogP contribution is 2.24. The van der Waals surface area contributed by atoms with Crippen molar-refractivity contribution in [2.24, 2.45) is 5.92 Å².